The van der Waals surface area contributed by atoms with Gasteiger partial charge in [0.05, 0.1) is 6.04 Å². The van der Waals surface area contributed by atoms with Gasteiger partial charge in [0.1, 0.15) is 0 Å². The predicted octanol–water partition coefficient (Wildman–Crippen LogP) is 6.28. The lowest BCUT2D eigenvalue weighted by molar-refractivity contribution is -0.134. The van der Waals surface area contributed by atoms with Gasteiger partial charge in [-0.05, 0) is 46.9 Å². The maximum absolute atomic E-state index is 13.3. The van der Waals surface area contributed by atoms with Crippen LogP contribution < -0.4 is 0 Å². The minimum Gasteiger partial charge on any atom is -0.331 e. The molecule has 0 aromatic heterocycles. The highest BCUT2D eigenvalue weighted by atomic mass is 35.5. The molecule has 0 aliphatic carbocycles. The fourth-order valence-corrected chi connectivity index (χ4v) is 4.64. The van der Waals surface area contributed by atoms with Crippen molar-refractivity contribution in [1.82, 2.24) is 4.90 Å². The van der Waals surface area contributed by atoms with Gasteiger partial charge in [-0.1, -0.05) is 81.8 Å². The van der Waals surface area contributed by atoms with Crippen LogP contribution in [0.15, 0.2) is 48.5 Å². The highest BCUT2D eigenvalue weighted by Gasteiger charge is 2.33. The van der Waals surface area contributed by atoms with E-state index in [0.29, 0.717) is 12.3 Å². The highest BCUT2D eigenvalue weighted by Crippen LogP contribution is 2.39. The van der Waals surface area contributed by atoms with Gasteiger partial charge in [0.15, 0.2) is 0 Å². The Morgan fingerprint density at radius 2 is 1.74 bits per heavy atom. The van der Waals surface area contributed by atoms with Crippen LogP contribution in [-0.2, 0) is 11.2 Å². The van der Waals surface area contributed by atoms with Crippen molar-refractivity contribution in [3.63, 3.8) is 0 Å². The van der Waals surface area contributed by atoms with E-state index in [-0.39, 0.29) is 17.4 Å². The fraction of sp³-hybridized carbons (Fsp3) is 0.458. The topological polar surface area (TPSA) is 20.3 Å². The highest BCUT2D eigenvalue weighted by molar-refractivity contribution is 6.31. The maximum Gasteiger partial charge on any atom is 0.223 e. The maximum atomic E-state index is 13.3. The van der Waals surface area contributed by atoms with E-state index in [9.17, 15) is 4.79 Å². The van der Waals surface area contributed by atoms with E-state index in [1.165, 1.54) is 11.1 Å². The number of fused-ring (bicyclic) bond motifs is 1. The molecule has 3 heteroatoms. The summed E-state index contributed by atoms with van der Waals surface area (Å²) < 4.78 is 0. The van der Waals surface area contributed by atoms with Crippen molar-refractivity contribution in [3.8, 4) is 0 Å². The third-order valence-corrected chi connectivity index (χ3v) is 5.63. The fourth-order valence-electron chi connectivity index (χ4n) is 4.40. The molecular formula is C24H30ClNO. The van der Waals surface area contributed by atoms with Gasteiger partial charge in [-0.25, -0.2) is 0 Å². The van der Waals surface area contributed by atoms with Gasteiger partial charge in [0.2, 0.25) is 5.91 Å². The summed E-state index contributed by atoms with van der Waals surface area (Å²) in [6, 6.07) is 16.3. The number of carbonyl (C=O) groups excluding carboxylic acids is 1. The third-order valence-electron chi connectivity index (χ3n) is 5.29. The van der Waals surface area contributed by atoms with E-state index in [1.54, 1.807) is 0 Å². The Hall–Kier alpha value is -1.80. The largest absolute Gasteiger partial charge is 0.331 e. The van der Waals surface area contributed by atoms with Crippen LogP contribution in [0.3, 0.4) is 0 Å². The predicted molar refractivity (Wildman–Crippen MR) is 113 cm³/mol. The number of halogens is 1. The summed E-state index contributed by atoms with van der Waals surface area (Å²) in [4.78, 5) is 15.3. The van der Waals surface area contributed by atoms with E-state index in [4.69, 9.17) is 11.6 Å². The zero-order valence-electron chi connectivity index (χ0n) is 16.8. The molecule has 0 saturated carbocycles. The molecule has 0 saturated heterocycles. The number of carbonyl (C=O) groups is 1. The lowest BCUT2D eigenvalue weighted by atomic mass is 9.83. The zero-order valence-corrected chi connectivity index (χ0v) is 17.6. The average Bonchev–Trinajstić information content (AvgIpc) is 2.59. The first-order valence-electron chi connectivity index (χ1n) is 9.88. The van der Waals surface area contributed by atoms with Crippen molar-refractivity contribution in [3.05, 3.63) is 70.2 Å². The average molecular weight is 384 g/mol. The van der Waals surface area contributed by atoms with E-state index in [1.807, 2.05) is 29.2 Å². The molecular weight excluding hydrogens is 354 g/mol. The van der Waals surface area contributed by atoms with Crippen LogP contribution in [0, 0.1) is 11.3 Å². The number of nitrogens with zero attached hydrogens (tertiary/aromatic N) is 1. The SMILES string of the molecule is C[C@@H](CC(=O)N1CCc2ccccc2[C@H]1c1ccccc1Cl)CC(C)(C)C. The Kier molecular flexibility index (Phi) is 5.95. The van der Waals surface area contributed by atoms with Crippen molar-refractivity contribution in [1.29, 1.82) is 0 Å². The summed E-state index contributed by atoms with van der Waals surface area (Å²) in [5, 5.41) is 0.722. The normalized spacial score (nSPS) is 18.1. The second kappa shape index (κ2) is 8.06. The summed E-state index contributed by atoms with van der Waals surface area (Å²) in [5.74, 6) is 0.590. The molecule has 0 radical (unpaired) electrons. The van der Waals surface area contributed by atoms with Crippen LogP contribution in [0.25, 0.3) is 0 Å². The lowest BCUT2D eigenvalue weighted by Crippen LogP contribution is -2.41. The van der Waals surface area contributed by atoms with E-state index in [2.05, 4.69) is 52.0 Å². The van der Waals surface area contributed by atoms with Gasteiger partial charge >= 0.3 is 0 Å². The van der Waals surface area contributed by atoms with Gasteiger partial charge in [-0.15, -0.1) is 0 Å². The molecule has 2 atom stereocenters. The number of benzene rings is 2. The first-order valence-corrected chi connectivity index (χ1v) is 10.3. The quantitative estimate of drug-likeness (QED) is 0.608. The van der Waals surface area contributed by atoms with E-state index < -0.39 is 0 Å². The second-order valence-corrected chi connectivity index (χ2v) is 9.44. The smallest absolute Gasteiger partial charge is 0.223 e. The van der Waals surface area contributed by atoms with Crippen molar-refractivity contribution >= 4 is 17.5 Å². The minimum atomic E-state index is -0.0991. The second-order valence-electron chi connectivity index (χ2n) is 9.03. The van der Waals surface area contributed by atoms with Gasteiger partial charge < -0.3 is 4.90 Å². The standard InChI is InChI=1S/C24H30ClNO/c1-17(16-24(2,3)4)15-22(27)26-14-13-18-9-5-6-10-19(18)23(26)20-11-7-8-12-21(20)25/h5-12,17,23H,13-16H2,1-4H3/t17-,23-/m0/s1. The number of hydrogen-bond donors (Lipinski definition) is 0. The van der Waals surface area contributed by atoms with Gasteiger partial charge in [-0.2, -0.15) is 0 Å². The van der Waals surface area contributed by atoms with Crippen LogP contribution in [0.4, 0.5) is 0 Å². The van der Waals surface area contributed by atoms with E-state index in [0.717, 1.165) is 30.0 Å². The first kappa shape index (κ1) is 19.9. The molecule has 144 valence electrons. The van der Waals surface area contributed by atoms with Crippen LogP contribution in [0.1, 0.15) is 63.3 Å². The summed E-state index contributed by atoms with van der Waals surface area (Å²) >= 11 is 6.55. The first-order chi connectivity index (χ1) is 12.8. The van der Waals surface area contributed by atoms with Crippen LogP contribution in [0.2, 0.25) is 5.02 Å². The molecule has 2 aromatic rings. The number of hydrogen-bond acceptors (Lipinski definition) is 1. The summed E-state index contributed by atoms with van der Waals surface area (Å²) in [5.41, 5.74) is 3.77. The number of amides is 1. The van der Waals surface area contributed by atoms with Crippen molar-refractivity contribution in [2.24, 2.45) is 11.3 Å². The van der Waals surface area contributed by atoms with Crippen molar-refractivity contribution in [2.75, 3.05) is 6.54 Å². The zero-order chi connectivity index (χ0) is 19.6. The van der Waals surface area contributed by atoms with Crippen LogP contribution in [0.5, 0.6) is 0 Å². The number of rotatable bonds is 4. The molecule has 1 aliphatic rings. The summed E-state index contributed by atoms with van der Waals surface area (Å²) in [6.45, 7) is 9.63. The van der Waals surface area contributed by atoms with Crippen molar-refractivity contribution in [2.45, 2.75) is 53.0 Å². The molecule has 2 aromatic carbocycles. The Morgan fingerprint density at radius 3 is 2.41 bits per heavy atom. The Morgan fingerprint density at radius 1 is 1.11 bits per heavy atom. The molecule has 0 N–H and O–H groups in total. The van der Waals surface area contributed by atoms with Crippen molar-refractivity contribution < 1.29 is 4.79 Å². The molecule has 0 spiro atoms. The molecule has 2 nitrogen and oxygen atoms in total. The summed E-state index contributed by atoms with van der Waals surface area (Å²) in [7, 11) is 0. The Bertz CT molecular complexity index is 808. The Balaban J connectivity index is 1.92. The lowest BCUT2D eigenvalue weighted by Gasteiger charge is -2.39. The molecule has 27 heavy (non-hydrogen) atoms. The Labute approximate surface area is 168 Å². The minimum absolute atomic E-state index is 0.0991. The molecule has 0 unspecified atom stereocenters. The van der Waals surface area contributed by atoms with Crippen LogP contribution >= 0.6 is 11.6 Å². The molecule has 0 fully saturated rings. The van der Waals surface area contributed by atoms with Crippen LogP contribution in [-0.4, -0.2) is 17.4 Å². The molecule has 1 amide bonds. The molecule has 0 bridgehead atoms. The van der Waals surface area contributed by atoms with E-state index >= 15 is 0 Å². The molecule has 3 rings (SSSR count). The van der Waals surface area contributed by atoms with Gasteiger partial charge in [0, 0.05) is 18.0 Å². The van der Waals surface area contributed by atoms with Gasteiger partial charge in [0.25, 0.3) is 0 Å². The molecule has 1 aliphatic heterocycles. The summed E-state index contributed by atoms with van der Waals surface area (Å²) in [6.07, 6.45) is 2.52. The van der Waals surface area contributed by atoms with Gasteiger partial charge in [-0.3, -0.25) is 4.79 Å². The monoisotopic (exact) mass is 383 g/mol. The molecule has 1 heterocycles. The third kappa shape index (κ3) is 4.73.